The summed E-state index contributed by atoms with van der Waals surface area (Å²) in [5.41, 5.74) is 7.21. The van der Waals surface area contributed by atoms with Crippen molar-refractivity contribution in [3.05, 3.63) is 50.6 Å². The zero-order valence-corrected chi connectivity index (χ0v) is 12.8. The summed E-state index contributed by atoms with van der Waals surface area (Å²) in [5, 5.41) is 0. The Morgan fingerprint density at radius 2 is 2.06 bits per heavy atom. The molecule has 2 atom stereocenters. The smallest absolute Gasteiger partial charge is 0.148 e. The minimum Gasteiger partial charge on any atom is -0.483 e. The molecule has 0 aliphatic carbocycles. The first-order chi connectivity index (χ1) is 8.56. The molecule has 0 spiro atoms. The Balaban J connectivity index is 2.22. The Kier molecular flexibility index (Phi) is 4.43. The summed E-state index contributed by atoms with van der Waals surface area (Å²) < 4.78 is 7.11. The lowest BCUT2D eigenvalue weighted by Crippen LogP contribution is -2.28. The SMILES string of the molecule is Cc1cccc(OC(c2ccc(Br)s2)C(C)N)c1. The number of hydrogen-bond acceptors (Lipinski definition) is 3. The zero-order valence-electron chi connectivity index (χ0n) is 10.4. The summed E-state index contributed by atoms with van der Waals surface area (Å²) in [6.07, 6.45) is -0.108. The summed E-state index contributed by atoms with van der Waals surface area (Å²) in [6.45, 7) is 4.02. The van der Waals surface area contributed by atoms with E-state index >= 15 is 0 Å². The molecule has 18 heavy (non-hydrogen) atoms. The van der Waals surface area contributed by atoms with Crippen molar-refractivity contribution < 1.29 is 4.74 Å². The third-order valence-electron chi connectivity index (χ3n) is 2.60. The summed E-state index contributed by atoms with van der Waals surface area (Å²) in [7, 11) is 0. The van der Waals surface area contributed by atoms with E-state index in [0.717, 1.165) is 14.4 Å². The first kappa shape index (κ1) is 13.6. The van der Waals surface area contributed by atoms with Gasteiger partial charge in [-0.15, -0.1) is 11.3 Å². The van der Waals surface area contributed by atoms with Gasteiger partial charge >= 0.3 is 0 Å². The van der Waals surface area contributed by atoms with E-state index in [4.69, 9.17) is 10.5 Å². The highest BCUT2D eigenvalue weighted by Gasteiger charge is 2.20. The van der Waals surface area contributed by atoms with Crippen LogP contribution in [0.15, 0.2) is 40.2 Å². The number of nitrogens with two attached hydrogens (primary N) is 1. The van der Waals surface area contributed by atoms with Gasteiger partial charge in [-0.1, -0.05) is 12.1 Å². The van der Waals surface area contributed by atoms with Gasteiger partial charge in [0.1, 0.15) is 11.9 Å². The van der Waals surface area contributed by atoms with Crippen LogP contribution in [0.1, 0.15) is 23.5 Å². The second-order valence-electron chi connectivity index (χ2n) is 4.36. The van der Waals surface area contributed by atoms with Crippen LogP contribution >= 0.6 is 27.3 Å². The van der Waals surface area contributed by atoms with Crippen molar-refractivity contribution >= 4 is 27.3 Å². The van der Waals surface area contributed by atoms with Gasteiger partial charge in [-0.2, -0.15) is 0 Å². The predicted octanol–water partition coefficient (Wildman–Crippen LogP) is 4.29. The minimum atomic E-state index is -0.108. The molecule has 1 heterocycles. The molecule has 0 saturated carbocycles. The monoisotopic (exact) mass is 325 g/mol. The van der Waals surface area contributed by atoms with E-state index < -0.39 is 0 Å². The summed E-state index contributed by atoms with van der Waals surface area (Å²) in [4.78, 5) is 1.14. The van der Waals surface area contributed by atoms with Crippen LogP contribution in [0.5, 0.6) is 5.75 Å². The molecule has 0 fully saturated rings. The Bertz CT molecular complexity index is 524. The second kappa shape index (κ2) is 5.87. The van der Waals surface area contributed by atoms with Gasteiger partial charge in [0, 0.05) is 10.9 Å². The average molecular weight is 326 g/mol. The van der Waals surface area contributed by atoms with Gasteiger partial charge in [0.05, 0.1) is 3.79 Å². The van der Waals surface area contributed by atoms with Crippen LogP contribution in [0.4, 0.5) is 0 Å². The molecule has 0 amide bonds. The predicted molar refractivity (Wildman–Crippen MR) is 80.2 cm³/mol. The van der Waals surface area contributed by atoms with Gasteiger partial charge < -0.3 is 10.5 Å². The van der Waals surface area contributed by atoms with E-state index in [0.29, 0.717) is 0 Å². The molecule has 0 aliphatic heterocycles. The van der Waals surface area contributed by atoms with Crippen molar-refractivity contribution in [3.63, 3.8) is 0 Å². The third-order valence-corrected chi connectivity index (χ3v) is 4.29. The molecule has 2 N–H and O–H groups in total. The maximum absolute atomic E-state index is 6.03. The molecule has 2 unspecified atom stereocenters. The van der Waals surface area contributed by atoms with Crippen molar-refractivity contribution in [2.45, 2.75) is 26.0 Å². The number of halogens is 1. The maximum atomic E-state index is 6.03. The number of hydrogen-bond donors (Lipinski definition) is 1. The summed E-state index contributed by atoms with van der Waals surface area (Å²) in [6, 6.07) is 12.1. The van der Waals surface area contributed by atoms with Gasteiger partial charge in [0.25, 0.3) is 0 Å². The van der Waals surface area contributed by atoms with Crippen LogP contribution in [0.2, 0.25) is 0 Å². The van der Waals surface area contributed by atoms with Crippen LogP contribution in [0.25, 0.3) is 0 Å². The third kappa shape index (κ3) is 3.34. The summed E-state index contributed by atoms with van der Waals surface area (Å²) in [5.74, 6) is 0.863. The number of thiophene rings is 1. The molecule has 0 saturated heterocycles. The largest absolute Gasteiger partial charge is 0.483 e. The Morgan fingerprint density at radius 3 is 2.61 bits per heavy atom. The van der Waals surface area contributed by atoms with Crippen molar-refractivity contribution in [3.8, 4) is 5.75 Å². The first-order valence-corrected chi connectivity index (χ1v) is 7.41. The van der Waals surface area contributed by atoms with Crippen LogP contribution in [-0.2, 0) is 0 Å². The molecule has 0 bridgehead atoms. The van der Waals surface area contributed by atoms with Gasteiger partial charge in [0.2, 0.25) is 0 Å². The number of benzene rings is 1. The fourth-order valence-electron chi connectivity index (χ4n) is 1.74. The lowest BCUT2D eigenvalue weighted by atomic mass is 10.1. The first-order valence-electron chi connectivity index (χ1n) is 5.80. The van der Waals surface area contributed by atoms with Gasteiger partial charge in [-0.05, 0) is 59.6 Å². The molecular weight excluding hydrogens is 310 g/mol. The number of ether oxygens (including phenoxy) is 1. The van der Waals surface area contributed by atoms with Crippen LogP contribution in [0.3, 0.4) is 0 Å². The Morgan fingerprint density at radius 1 is 1.28 bits per heavy atom. The van der Waals surface area contributed by atoms with Gasteiger partial charge in [0.15, 0.2) is 0 Å². The van der Waals surface area contributed by atoms with E-state index in [1.807, 2.05) is 31.2 Å². The van der Waals surface area contributed by atoms with Gasteiger partial charge in [-0.25, -0.2) is 0 Å². The Hall–Kier alpha value is -0.840. The molecule has 96 valence electrons. The highest BCUT2D eigenvalue weighted by molar-refractivity contribution is 9.11. The fraction of sp³-hybridized carbons (Fsp3) is 0.286. The molecule has 0 radical (unpaired) electrons. The normalized spacial score (nSPS) is 14.2. The molecule has 2 nitrogen and oxygen atoms in total. The summed E-state index contributed by atoms with van der Waals surface area (Å²) >= 11 is 5.13. The van der Waals surface area contributed by atoms with Crippen molar-refractivity contribution in [1.82, 2.24) is 0 Å². The maximum Gasteiger partial charge on any atom is 0.148 e. The van der Waals surface area contributed by atoms with E-state index in [9.17, 15) is 0 Å². The molecule has 1 aromatic heterocycles. The number of rotatable bonds is 4. The highest BCUT2D eigenvalue weighted by atomic mass is 79.9. The topological polar surface area (TPSA) is 35.2 Å². The average Bonchev–Trinajstić information content (AvgIpc) is 2.72. The molecular formula is C14H16BrNOS. The van der Waals surface area contributed by atoms with Crippen LogP contribution in [-0.4, -0.2) is 6.04 Å². The lowest BCUT2D eigenvalue weighted by molar-refractivity contribution is 0.184. The van der Waals surface area contributed by atoms with E-state index in [-0.39, 0.29) is 12.1 Å². The number of aryl methyl sites for hydroxylation is 1. The van der Waals surface area contributed by atoms with E-state index in [2.05, 4.69) is 35.0 Å². The lowest BCUT2D eigenvalue weighted by Gasteiger charge is -2.21. The van der Waals surface area contributed by atoms with E-state index in [1.54, 1.807) is 11.3 Å². The Labute approximate surface area is 120 Å². The zero-order chi connectivity index (χ0) is 13.1. The van der Waals surface area contributed by atoms with E-state index in [1.165, 1.54) is 5.56 Å². The standard InChI is InChI=1S/C14H16BrNOS/c1-9-4-3-5-11(8-9)17-14(10(2)16)12-6-7-13(15)18-12/h3-8,10,14H,16H2,1-2H3. The molecule has 2 rings (SSSR count). The van der Waals surface area contributed by atoms with Crippen LogP contribution < -0.4 is 10.5 Å². The van der Waals surface area contributed by atoms with Crippen LogP contribution in [0, 0.1) is 6.92 Å². The van der Waals surface area contributed by atoms with Crippen molar-refractivity contribution in [2.24, 2.45) is 5.73 Å². The van der Waals surface area contributed by atoms with Crippen molar-refractivity contribution in [2.75, 3.05) is 0 Å². The van der Waals surface area contributed by atoms with Crippen molar-refractivity contribution in [1.29, 1.82) is 0 Å². The quantitative estimate of drug-likeness (QED) is 0.910. The molecule has 0 aliphatic rings. The van der Waals surface area contributed by atoms with Gasteiger partial charge in [-0.3, -0.25) is 0 Å². The molecule has 4 heteroatoms. The highest BCUT2D eigenvalue weighted by Crippen LogP contribution is 2.32. The fourth-order valence-corrected chi connectivity index (χ4v) is 3.31. The minimum absolute atomic E-state index is 0.0592. The molecule has 2 aromatic rings. The molecule has 1 aromatic carbocycles. The second-order valence-corrected chi connectivity index (χ2v) is 6.85.